The van der Waals surface area contributed by atoms with E-state index in [9.17, 15) is 9.59 Å². The number of amides is 2. The smallest absolute Gasteiger partial charge is 0.228 e. The van der Waals surface area contributed by atoms with E-state index in [1.807, 2.05) is 4.90 Å². The number of carbonyl (C=O) groups is 2. The molecule has 20 heavy (non-hydrogen) atoms. The summed E-state index contributed by atoms with van der Waals surface area (Å²) >= 11 is 0. The highest BCUT2D eigenvalue weighted by molar-refractivity contribution is 5.92. The fraction of sp³-hybridized carbons (Fsp3) is 0.643. The molecule has 1 saturated carbocycles. The van der Waals surface area contributed by atoms with Crippen LogP contribution in [-0.2, 0) is 9.59 Å². The molecule has 0 aromatic carbocycles. The van der Waals surface area contributed by atoms with E-state index in [1.165, 1.54) is 0 Å². The molecule has 0 radical (unpaired) electrons. The van der Waals surface area contributed by atoms with Gasteiger partial charge >= 0.3 is 0 Å². The molecule has 0 spiro atoms. The number of nitrogens with zero attached hydrogens (tertiary/aromatic N) is 2. The molecular formula is C14H19N3O3. The van der Waals surface area contributed by atoms with Crippen LogP contribution in [0.5, 0.6) is 0 Å². The third kappa shape index (κ3) is 2.84. The number of piperidine rings is 1. The van der Waals surface area contributed by atoms with E-state index in [0.717, 1.165) is 25.7 Å². The molecule has 1 aliphatic heterocycles. The number of likely N-dealkylation sites (tertiary alicyclic amines) is 1. The zero-order chi connectivity index (χ0) is 14.1. The van der Waals surface area contributed by atoms with E-state index in [0.29, 0.717) is 24.7 Å². The monoisotopic (exact) mass is 277 g/mol. The van der Waals surface area contributed by atoms with Crippen LogP contribution in [0.4, 0.5) is 5.82 Å². The largest absolute Gasteiger partial charge is 0.360 e. The summed E-state index contributed by atoms with van der Waals surface area (Å²) in [5, 5.41) is 6.52. The molecule has 1 aromatic rings. The lowest BCUT2D eigenvalue weighted by Gasteiger charge is -2.31. The standard InChI is InChI=1S/C14H19N3O3/c1-9-8-12(16-20-9)15-13(18)10-4-6-17(7-5-10)14(19)11-2-3-11/h8,10-11H,2-7H2,1H3,(H,15,16,18). The van der Waals surface area contributed by atoms with Gasteiger partial charge in [0.15, 0.2) is 5.82 Å². The highest BCUT2D eigenvalue weighted by Crippen LogP contribution is 2.32. The molecular weight excluding hydrogens is 258 g/mol. The molecule has 1 aromatic heterocycles. The molecule has 6 heteroatoms. The summed E-state index contributed by atoms with van der Waals surface area (Å²) in [4.78, 5) is 25.9. The van der Waals surface area contributed by atoms with Gasteiger partial charge < -0.3 is 14.7 Å². The normalized spacial score (nSPS) is 19.9. The molecule has 3 rings (SSSR count). The number of hydrogen-bond donors (Lipinski definition) is 1. The van der Waals surface area contributed by atoms with Crippen LogP contribution in [0.25, 0.3) is 0 Å². The molecule has 2 heterocycles. The molecule has 1 N–H and O–H groups in total. The van der Waals surface area contributed by atoms with Gasteiger partial charge in [-0.05, 0) is 32.6 Å². The average Bonchev–Trinajstić information content (AvgIpc) is 3.22. The quantitative estimate of drug-likeness (QED) is 0.910. The van der Waals surface area contributed by atoms with Crippen molar-refractivity contribution in [3.63, 3.8) is 0 Å². The second-order valence-corrected chi connectivity index (χ2v) is 5.69. The van der Waals surface area contributed by atoms with Gasteiger partial charge in [-0.3, -0.25) is 9.59 Å². The Morgan fingerprint density at radius 3 is 2.50 bits per heavy atom. The van der Waals surface area contributed by atoms with E-state index in [2.05, 4.69) is 10.5 Å². The van der Waals surface area contributed by atoms with Gasteiger partial charge in [-0.2, -0.15) is 0 Å². The lowest BCUT2D eigenvalue weighted by atomic mass is 9.95. The summed E-state index contributed by atoms with van der Waals surface area (Å²) in [6, 6.07) is 1.70. The van der Waals surface area contributed by atoms with Crippen LogP contribution < -0.4 is 5.32 Å². The predicted octanol–water partition coefficient (Wildman–Crippen LogP) is 1.57. The summed E-state index contributed by atoms with van der Waals surface area (Å²) in [6.45, 7) is 3.15. The van der Waals surface area contributed by atoms with Crippen molar-refractivity contribution in [1.29, 1.82) is 0 Å². The average molecular weight is 277 g/mol. The van der Waals surface area contributed by atoms with Crippen LogP contribution >= 0.6 is 0 Å². The van der Waals surface area contributed by atoms with Gasteiger partial charge in [-0.1, -0.05) is 5.16 Å². The molecule has 2 aliphatic rings. The Kier molecular flexibility index (Phi) is 3.46. The van der Waals surface area contributed by atoms with E-state index >= 15 is 0 Å². The third-order valence-corrected chi connectivity index (χ3v) is 3.98. The van der Waals surface area contributed by atoms with Crippen molar-refractivity contribution in [3.05, 3.63) is 11.8 Å². The van der Waals surface area contributed by atoms with Crippen LogP contribution in [-0.4, -0.2) is 35.0 Å². The summed E-state index contributed by atoms with van der Waals surface area (Å²) < 4.78 is 4.92. The highest BCUT2D eigenvalue weighted by Gasteiger charge is 2.36. The first-order valence-corrected chi connectivity index (χ1v) is 7.16. The van der Waals surface area contributed by atoms with Gasteiger partial charge in [0.1, 0.15) is 5.76 Å². The summed E-state index contributed by atoms with van der Waals surface area (Å²) in [6.07, 6.45) is 3.51. The lowest BCUT2D eigenvalue weighted by Crippen LogP contribution is -2.42. The molecule has 1 saturated heterocycles. The maximum Gasteiger partial charge on any atom is 0.228 e. The second-order valence-electron chi connectivity index (χ2n) is 5.69. The number of nitrogens with one attached hydrogen (secondary N) is 1. The first kappa shape index (κ1) is 13.1. The van der Waals surface area contributed by atoms with Gasteiger partial charge in [-0.15, -0.1) is 0 Å². The van der Waals surface area contributed by atoms with E-state index in [-0.39, 0.29) is 23.7 Å². The van der Waals surface area contributed by atoms with Crippen molar-refractivity contribution in [2.24, 2.45) is 11.8 Å². The Morgan fingerprint density at radius 2 is 1.95 bits per heavy atom. The minimum absolute atomic E-state index is 0.0307. The highest BCUT2D eigenvalue weighted by atomic mass is 16.5. The zero-order valence-electron chi connectivity index (χ0n) is 11.6. The van der Waals surface area contributed by atoms with Crippen LogP contribution in [0.2, 0.25) is 0 Å². The summed E-state index contributed by atoms with van der Waals surface area (Å²) in [5.74, 6) is 1.59. The molecule has 2 amide bonds. The van der Waals surface area contributed by atoms with Gasteiger partial charge in [0.05, 0.1) is 0 Å². The Labute approximate surface area is 117 Å². The van der Waals surface area contributed by atoms with Crippen molar-refractivity contribution < 1.29 is 14.1 Å². The van der Waals surface area contributed by atoms with Crippen LogP contribution in [0.3, 0.4) is 0 Å². The number of hydrogen-bond acceptors (Lipinski definition) is 4. The summed E-state index contributed by atoms with van der Waals surface area (Å²) in [7, 11) is 0. The fourth-order valence-corrected chi connectivity index (χ4v) is 2.60. The number of anilines is 1. The zero-order valence-corrected chi connectivity index (χ0v) is 11.6. The van der Waals surface area contributed by atoms with E-state index < -0.39 is 0 Å². The van der Waals surface area contributed by atoms with Gasteiger partial charge in [0.2, 0.25) is 11.8 Å². The van der Waals surface area contributed by atoms with Gasteiger partial charge in [0.25, 0.3) is 0 Å². The van der Waals surface area contributed by atoms with Crippen LogP contribution in [0, 0.1) is 18.8 Å². The minimum Gasteiger partial charge on any atom is -0.360 e. The SMILES string of the molecule is Cc1cc(NC(=O)C2CCN(C(=O)C3CC3)CC2)no1. The number of carbonyl (C=O) groups excluding carboxylic acids is 2. The maximum atomic E-state index is 12.1. The molecule has 0 unspecified atom stereocenters. The minimum atomic E-state index is -0.0461. The molecule has 2 fully saturated rings. The second kappa shape index (κ2) is 5.26. The van der Waals surface area contributed by atoms with Crippen molar-refractivity contribution in [2.45, 2.75) is 32.6 Å². The lowest BCUT2D eigenvalue weighted by molar-refractivity contribution is -0.135. The van der Waals surface area contributed by atoms with Crippen LogP contribution in [0.15, 0.2) is 10.6 Å². The molecule has 6 nitrogen and oxygen atoms in total. The van der Waals surface area contributed by atoms with Gasteiger partial charge in [0, 0.05) is 31.0 Å². The first-order valence-electron chi connectivity index (χ1n) is 7.16. The van der Waals surface area contributed by atoms with E-state index in [4.69, 9.17) is 4.52 Å². The fourth-order valence-electron chi connectivity index (χ4n) is 2.60. The number of aromatic nitrogens is 1. The van der Waals surface area contributed by atoms with Crippen molar-refractivity contribution in [3.8, 4) is 0 Å². The molecule has 0 bridgehead atoms. The summed E-state index contributed by atoms with van der Waals surface area (Å²) in [5.41, 5.74) is 0. The Balaban J connectivity index is 1.49. The topological polar surface area (TPSA) is 75.4 Å². The molecule has 1 aliphatic carbocycles. The van der Waals surface area contributed by atoms with Crippen LogP contribution in [0.1, 0.15) is 31.4 Å². The van der Waals surface area contributed by atoms with E-state index in [1.54, 1.807) is 13.0 Å². The third-order valence-electron chi connectivity index (χ3n) is 3.98. The number of rotatable bonds is 3. The van der Waals surface area contributed by atoms with Crippen molar-refractivity contribution in [2.75, 3.05) is 18.4 Å². The van der Waals surface area contributed by atoms with Crippen molar-refractivity contribution >= 4 is 17.6 Å². The predicted molar refractivity (Wildman–Crippen MR) is 71.9 cm³/mol. The Bertz CT molecular complexity index is 513. The molecule has 108 valence electrons. The number of aryl methyl sites for hydroxylation is 1. The maximum absolute atomic E-state index is 12.1. The Hall–Kier alpha value is -1.85. The Morgan fingerprint density at radius 1 is 1.25 bits per heavy atom. The van der Waals surface area contributed by atoms with Gasteiger partial charge in [-0.25, -0.2) is 0 Å². The molecule has 0 atom stereocenters. The first-order chi connectivity index (χ1) is 9.63. The van der Waals surface area contributed by atoms with Crippen molar-refractivity contribution in [1.82, 2.24) is 10.1 Å².